The minimum Gasteiger partial charge on any atom is -0.491 e. The molecule has 0 unspecified atom stereocenters. The smallest absolute Gasteiger partial charge is 0.333 e. The van der Waals surface area contributed by atoms with Crippen LogP contribution < -0.4 is 4.74 Å². The highest BCUT2D eigenvalue weighted by Gasteiger charge is 2.38. The first-order valence-electron chi connectivity index (χ1n) is 11.1. The van der Waals surface area contributed by atoms with Crippen LogP contribution in [0.5, 0.6) is 5.75 Å². The SMILES string of the molecule is C=CCc1ccccc1OCCn1c(C)c(C=C2C(=O)N(C)C(=O)N(C)C2=O)c2ccccc21. The number of rotatable bonds is 7. The topological polar surface area (TPSA) is 71.8 Å². The fraction of sp³-hybridized carbons (Fsp3) is 0.222. The highest BCUT2D eigenvalue weighted by molar-refractivity contribution is 6.31. The fourth-order valence-corrected chi connectivity index (χ4v) is 4.26. The third-order valence-corrected chi connectivity index (χ3v) is 6.12. The molecule has 0 N–H and O–H groups in total. The van der Waals surface area contributed by atoms with Crippen LogP contribution in [0.4, 0.5) is 4.79 Å². The first-order valence-corrected chi connectivity index (χ1v) is 11.1. The number of imide groups is 2. The molecule has 174 valence electrons. The van der Waals surface area contributed by atoms with Crippen molar-refractivity contribution in [2.45, 2.75) is 19.9 Å². The van der Waals surface area contributed by atoms with E-state index in [1.54, 1.807) is 6.08 Å². The molecule has 1 aliphatic heterocycles. The standard InChI is InChI=1S/C27H27N3O4/c1-5-10-19-11-6-9-14-24(19)34-16-15-30-18(2)21(20-12-7-8-13-23(20)30)17-22-25(31)28(3)27(33)29(4)26(22)32/h5-9,11-14,17H,1,10,15-16H2,2-4H3. The molecule has 4 rings (SSSR count). The van der Waals surface area contributed by atoms with Crippen molar-refractivity contribution in [3.63, 3.8) is 0 Å². The Morgan fingerprint density at radius 1 is 0.941 bits per heavy atom. The van der Waals surface area contributed by atoms with E-state index in [1.807, 2.05) is 61.5 Å². The number of fused-ring (bicyclic) bond motifs is 1. The van der Waals surface area contributed by atoms with E-state index >= 15 is 0 Å². The summed E-state index contributed by atoms with van der Waals surface area (Å²) in [5, 5.41) is 0.919. The lowest BCUT2D eigenvalue weighted by atomic mass is 10.0. The van der Waals surface area contributed by atoms with Crippen LogP contribution in [0, 0.1) is 6.92 Å². The van der Waals surface area contributed by atoms with Gasteiger partial charge in [-0.15, -0.1) is 6.58 Å². The number of ether oxygens (including phenoxy) is 1. The second-order valence-electron chi connectivity index (χ2n) is 8.19. The van der Waals surface area contributed by atoms with Crippen molar-refractivity contribution in [2.24, 2.45) is 0 Å². The van der Waals surface area contributed by atoms with E-state index in [1.165, 1.54) is 14.1 Å². The highest BCUT2D eigenvalue weighted by atomic mass is 16.5. The number of nitrogens with zero attached hydrogens (tertiary/aromatic N) is 3. The molecule has 0 aliphatic carbocycles. The number of amides is 4. The molecule has 1 fully saturated rings. The number of carbonyl (C=O) groups excluding carboxylic acids is 3. The Bertz CT molecular complexity index is 1310. The summed E-state index contributed by atoms with van der Waals surface area (Å²) in [5.41, 5.74) is 3.69. The molecule has 2 heterocycles. The summed E-state index contributed by atoms with van der Waals surface area (Å²) in [4.78, 5) is 39.4. The molecule has 0 spiro atoms. The molecular weight excluding hydrogens is 430 g/mol. The first kappa shape index (κ1) is 23.0. The molecule has 34 heavy (non-hydrogen) atoms. The van der Waals surface area contributed by atoms with Crippen molar-refractivity contribution < 1.29 is 19.1 Å². The van der Waals surface area contributed by atoms with Crippen molar-refractivity contribution in [3.8, 4) is 5.75 Å². The van der Waals surface area contributed by atoms with Crippen LogP contribution in [0.2, 0.25) is 0 Å². The van der Waals surface area contributed by atoms with Gasteiger partial charge in [0, 0.05) is 36.3 Å². The lowest BCUT2D eigenvalue weighted by Gasteiger charge is -2.28. The average Bonchev–Trinajstić information content (AvgIpc) is 3.11. The van der Waals surface area contributed by atoms with Crippen LogP contribution in [0.25, 0.3) is 17.0 Å². The van der Waals surface area contributed by atoms with Gasteiger partial charge in [0.1, 0.15) is 17.9 Å². The number of urea groups is 1. The number of carbonyl (C=O) groups is 3. The lowest BCUT2D eigenvalue weighted by Crippen LogP contribution is -2.52. The summed E-state index contributed by atoms with van der Waals surface area (Å²) < 4.78 is 8.21. The number of barbiturate groups is 1. The second kappa shape index (κ2) is 9.39. The Morgan fingerprint density at radius 3 is 2.29 bits per heavy atom. The maximum atomic E-state index is 12.7. The van der Waals surface area contributed by atoms with Crippen molar-refractivity contribution >= 4 is 34.8 Å². The maximum absolute atomic E-state index is 12.7. The van der Waals surface area contributed by atoms with E-state index in [-0.39, 0.29) is 5.57 Å². The van der Waals surface area contributed by atoms with Crippen LogP contribution in [0.3, 0.4) is 0 Å². The zero-order valence-electron chi connectivity index (χ0n) is 19.6. The third kappa shape index (κ3) is 4.01. The van der Waals surface area contributed by atoms with Crippen LogP contribution >= 0.6 is 0 Å². The van der Waals surface area contributed by atoms with Crippen molar-refractivity contribution in [3.05, 3.63) is 83.6 Å². The van der Waals surface area contributed by atoms with Gasteiger partial charge in [-0.25, -0.2) is 4.79 Å². The monoisotopic (exact) mass is 457 g/mol. The largest absolute Gasteiger partial charge is 0.491 e. The predicted molar refractivity (Wildman–Crippen MR) is 131 cm³/mol. The van der Waals surface area contributed by atoms with Gasteiger partial charge in [-0.1, -0.05) is 42.5 Å². The third-order valence-electron chi connectivity index (χ3n) is 6.12. The number of hydrogen-bond acceptors (Lipinski definition) is 4. The Morgan fingerprint density at radius 2 is 1.59 bits per heavy atom. The molecule has 0 saturated carbocycles. The predicted octanol–water partition coefficient (Wildman–Crippen LogP) is 4.19. The Hall–Kier alpha value is -4.13. The van der Waals surface area contributed by atoms with Gasteiger partial charge < -0.3 is 9.30 Å². The number of allylic oxidation sites excluding steroid dienone is 1. The summed E-state index contributed by atoms with van der Waals surface area (Å²) in [6.45, 7) is 6.79. The van der Waals surface area contributed by atoms with Gasteiger partial charge in [-0.05, 0) is 37.1 Å². The van der Waals surface area contributed by atoms with Crippen molar-refractivity contribution in [1.82, 2.24) is 14.4 Å². The second-order valence-corrected chi connectivity index (χ2v) is 8.19. The molecule has 7 nitrogen and oxygen atoms in total. The molecule has 1 saturated heterocycles. The zero-order chi connectivity index (χ0) is 24.4. The van der Waals surface area contributed by atoms with Crippen LogP contribution in [-0.2, 0) is 22.6 Å². The van der Waals surface area contributed by atoms with E-state index in [4.69, 9.17) is 4.74 Å². The van der Waals surface area contributed by atoms with Crippen LogP contribution in [0.1, 0.15) is 16.8 Å². The molecule has 2 aromatic carbocycles. The summed E-state index contributed by atoms with van der Waals surface area (Å²) in [5.74, 6) is -0.383. The van der Waals surface area contributed by atoms with Crippen LogP contribution in [0.15, 0.2) is 66.8 Å². The Balaban J connectivity index is 1.68. The van der Waals surface area contributed by atoms with Gasteiger partial charge in [-0.3, -0.25) is 19.4 Å². The average molecular weight is 458 g/mol. The molecule has 1 aliphatic rings. The van der Waals surface area contributed by atoms with Gasteiger partial charge in [-0.2, -0.15) is 0 Å². The lowest BCUT2D eigenvalue weighted by molar-refractivity contribution is -0.134. The molecule has 7 heteroatoms. The van der Waals surface area contributed by atoms with E-state index in [9.17, 15) is 14.4 Å². The van der Waals surface area contributed by atoms with E-state index < -0.39 is 17.8 Å². The summed E-state index contributed by atoms with van der Waals surface area (Å²) in [6, 6.07) is 15.1. The van der Waals surface area contributed by atoms with E-state index in [0.717, 1.165) is 49.7 Å². The zero-order valence-corrected chi connectivity index (χ0v) is 19.6. The molecule has 1 aromatic heterocycles. The molecular formula is C27H27N3O4. The summed E-state index contributed by atoms with van der Waals surface area (Å²) in [7, 11) is 2.75. The number of para-hydroxylation sites is 2. The first-order chi connectivity index (χ1) is 16.3. The van der Waals surface area contributed by atoms with Crippen LogP contribution in [-0.4, -0.2) is 52.9 Å². The van der Waals surface area contributed by atoms with E-state index in [0.29, 0.717) is 13.2 Å². The maximum Gasteiger partial charge on any atom is 0.333 e. The van der Waals surface area contributed by atoms with Gasteiger partial charge >= 0.3 is 6.03 Å². The molecule has 0 bridgehead atoms. The number of likely N-dealkylation sites (N-methyl/N-ethyl adjacent to an activating group) is 2. The minimum absolute atomic E-state index is 0.0368. The molecule has 0 atom stereocenters. The Labute approximate surface area is 198 Å². The minimum atomic E-state index is -0.639. The summed E-state index contributed by atoms with van der Waals surface area (Å²) in [6.07, 6.45) is 4.17. The van der Waals surface area contributed by atoms with E-state index in [2.05, 4.69) is 11.1 Å². The Kier molecular flexibility index (Phi) is 6.36. The number of benzene rings is 2. The van der Waals surface area contributed by atoms with Gasteiger partial charge in [0.25, 0.3) is 11.8 Å². The van der Waals surface area contributed by atoms with Gasteiger partial charge in [0.05, 0.1) is 6.54 Å². The van der Waals surface area contributed by atoms with Crippen molar-refractivity contribution in [1.29, 1.82) is 0 Å². The fourth-order valence-electron chi connectivity index (χ4n) is 4.26. The number of hydrogen-bond donors (Lipinski definition) is 0. The van der Waals surface area contributed by atoms with Crippen molar-refractivity contribution in [2.75, 3.05) is 20.7 Å². The van der Waals surface area contributed by atoms with Gasteiger partial charge in [0.15, 0.2) is 0 Å². The molecule has 3 aromatic rings. The normalized spacial score (nSPS) is 14.2. The number of aromatic nitrogens is 1. The quantitative estimate of drug-likeness (QED) is 0.303. The highest BCUT2D eigenvalue weighted by Crippen LogP contribution is 2.29. The molecule has 4 amide bonds. The molecule has 0 radical (unpaired) electrons. The summed E-state index contributed by atoms with van der Waals surface area (Å²) >= 11 is 0. The van der Waals surface area contributed by atoms with Gasteiger partial charge in [0.2, 0.25) is 0 Å².